The average Bonchev–Trinajstić information content (AvgIpc) is 2.89. The van der Waals surface area contributed by atoms with Gasteiger partial charge in [0.25, 0.3) is 5.56 Å². The van der Waals surface area contributed by atoms with E-state index in [1.165, 1.54) is 11.6 Å². The molecule has 10 heteroatoms. The van der Waals surface area contributed by atoms with Crippen LogP contribution >= 0.6 is 0 Å². The number of carbonyl (C=O) groups is 1. The fourth-order valence-electron chi connectivity index (χ4n) is 2.26. The molecule has 2 rings (SSSR count). The first-order chi connectivity index (χ1) is 11.3. The third kappa shape index (κ3) is 3.08. The van der Waals surface area contributed by atoms with Gasteiger partial charge in [-0.1, -0.05) is 5.92 Å². The number of aromatic amines is 1. The Labute approximate surface area is 135 Å². The van der Waals surface area contributed by atoms with Crippen LogP contribution in [0.2, 0.25) is 0 Å². The van der Waals surface area contributed by atoms with Gasteiger partial charge in [-0.25, -0.2) is 9.78 Å². The van der Waals surface area contributed by atoms with Crippen molar-refractivity contribution < 1.29 is 20.1 Å². The largest absolute Gasteiger partial charge is 0.481 e. The number of carboxylic acids is 1. The first kappa shape index (κ1) is 17.5. The van der Waals surface area contributed by atoms with E-state index in [4.69, 9.17) is 5.11 Å². The lowest BCUT2D eigenvalue weighted by molar-refractivity contribution is -0.141. The number of rotatable bonds is 5. The van der Waals surface area contributed by atoms with Crippen molar-refractivity contribution in [2.24, 2.45) is 7.05 Å². The van der Waals surface area contributed by atoms with Crippen LogP contribution < -0.4 is 11.2 Å². The SMILES string of the molecule is CC#CCn1c(C(O)C(O)CC(=O)O)nc2c1c(=O)[nH]c(=O)n2C. The zero-order valence-corrected chi connectivity index (χ0v) is 13.0. The number of aromatic nitrogens is 4. The summed E-state index contributed by atoms with van der Waals surface area (Å²) in [7, 11) is 1.38. The predicted octanol–water partition coefficient (Wildman–Crippen LogP) is -1.68. The van der Waals surface area contributed by atoms with Gasteiger partial charge < -0.3 is 19.9 Å². The quantitative estimate of drug-likeness (QED) is 0.476. The molecule has 2 aromatic rings. The van der Waals surface area contributed by atoms with Crippen LogP contribution in [0, 0.1) is 11.8 Å². The van der Waals surface area contributed by atoms with E-state index < -0.39 is 35.8 Å². The highest BCUT2D eigenvalue weighted by Crippen LogP contribution is 2.21. The fraction of sp³-hybridized carbons (Fsp3) is 0.429. The van der Waals surface area contributed by atoms with Crippen molar-refractivity contribution in [3.8, 4) is 11.8 Å². The van der Waals surface area contributed by atoms with Crippen molar-refractivity contribution in [3.05, 3.63) is 26.7 Å². The molecule has 0 amide bonds. The maximum atomic E-state index is 12.1. The Bertz CT molecular complexity index is 958. The van der Waals surface area contributed by atoms with E-state index in [1.807, 2.05) is 0 Å². The summed E-state index contributed by atoms with van der Waals surface area (Å²) in [6.45, 7) is 1.55. The number of hydrogen-bond acceptors (Lipinski definition) is 6. The molecule has 128 valence electrons. The lowest BCUT2D eigenvalue weighted by atomic mass is 10.1. The van der Waals surface area contributed by atoms with Crippen LogP contribution in [0.5, 0.6) is 0 Å². The molecule has 4 N–H and O–H groups in total. The highest BCUT2D eigenvalue weighted by molar-refractivity contribution is 5.71. The Morgan fingerprint density at radius 1 is 1.38 bits per heavy atom. The summed E-state index contributed by atoms with van der Waals surface area (Å²) < 4.78 is 2.33. The standard InChI is InChI=1S/C14H16N4O6/c1-3-4-5-18-9-11(17(2)14(24)16-13(9)23)15-12(18)10(22)7(19)6-8(20)21/h7,10,19,22H,5-6H2,1-2H3,(H,20,21)(H,16,23,24). The van der Waals surface area contributed by atoms with Crippen molar-refractivity contribution in [2.45, 2.75) is 32.1 Å². The Morgan fingerprint density at radius 3 is 2.62 bits per heavy atom. The maximum Gasteiger partial charge on any atom is 0.329 e. The smallest absolute Gasteiger partial charge is 0.329 e. The molecule has 0 aliphatic rings. The molecule has 0 fully saturated rings. The van der Waals surface area contributed by atoms with Gasteiger partial charge in [0.2, 0.25) is 0 Å². The molecule has 0 saturated carbocycles. The molecular formula is C14H16N4O6. The highest BCUT2D eigenvalue weighted by Gasteiger charge is 2.28. The number of aliphatic hydroxyl groups excluding tert-OH is 2. The second-order valence-corrected chi connectivity index (χ2v) is 5.08. The monoisotopic (exact) mass is 336 g/mol. The highest BCUT2D eigenvalue weighted by atomic mass is 16.4. The average molecular weight is 336 g/mol. The van der Waals surface area contributed by atoms with E-state index in [9.17, 15) is 24.6 Å². The van der Waals surface area contributed by atoms with Crippen molar-refractivity contribution in [2.75, 3.05) is 0 Å². The van der Waals surface area contributed by atoms with Crippen molar-refractivity contribution in [3.63, 3.8) is 0 Å². The minimum absolute atomic E-state index is 0.00164. The van der Waals surface area contributed by atoms with Crippen LogP contribution in [0.4, 0.5) is 0 Å². The zero-order chi connectivity index (χ0) is 18.0. The lowest BCUT2D eigenvalue weighted by Crippen LogP contribution is -2.29. The predicted molar refractivity (Wildman–Crippen MR) is 82.3 cm³/mol. The van der Waals surface area contributed by atoms with Crippen molar-refractivity contribution in [1.29, 1.82) is 0 Å². The summed E-state index contributed by atoms with van der Waals surface area (Å²) in [5, 5.41) is 28.8. The van der Waals surface area contributed by atoms with Crippen LogP contribution in [0.25, 0.3) is 11.2 Å². The van der Waals surface area contributed by atoms with Gasteiger partial charge in [-0.15, -0.1) is 5.92 Å². The number of nitrogens with one attached hydrogen (secondary N) is 1. The number of H-pyrrole nitrogens is 1. The number of aliphatic carboxylic acids is 1. The minimum atomic E-state index is -1.67. The van der Waals surface area contributed by atoms with Crippen LogP contribution in [-0.2, 0) is 18.4 Å². The third-order valence-electron chi connectivity index (χ3n) is 3.46. The van der Waals surface area contributed by atoms with E-state index in [-0.39, 0.29) is 23.5 Å². The minimum Gasteiger partial charge on any atom is -0.481 e. The van der Waals surface area contributed by atoms with E-state index in [2.05, 4.69) is 21.8 Å². The second-order valence-electron chi connectivity index (χ2n) is 5.08. The normalized spacial score (nSPS) is 13.3. The number of aryl methyl sites for hydroxylation is 1. The first-order valence-corrected chi connectivity index (χ1v) is 6.94. The van der Waals surface area contributed by atoms with Crippen LogP contribution in [0.3, 0.4) is 0 Å². The maximum absolute atomic E-state index is 12.1. The summed E-state index contributed by atoms with van der Waals surface area (Å²) in [6, 6.07) is 0. The fourth-order valence-corrected chi connectivity index (χ4v) is 2.26. The molecule has 0 saturated heterocycles. The van der Waals surface area contributed by atoms with Gasteiger partial charge in [-0.3, -0.25) is 19.1 Å². The number of aliphatic hydroxyl groups is 2. The molecule has 10 nitrogen and oxygen atoms in total. The van der Waals surface area contributed by atoms with Crippen LogP contribution in [-0.4, -0.2) is 46.5 Å². The topological polar surface area (TPSA) is 150 Å². The van der Waals surface area contributed by atoms with E-state index >= 15 is 0 Å². The Kier molecular flexibility index (Phi) is 4.87. The van der Waals surface area contributed by atoms with Gasteiger partial charge in [0.05, 0.1) is 19.1 Å². The number of hydrogen-bond donors (Lipinski definition) is 4. The lowest BCUT2D eigenvalue weighted by Gasteiger charge is -2.16. The number of imidazole rings is 1. The summed E-state index contributed by atoms with van der Waals surface area (Å²) in [5.74, 6) is 3.88. The van der Waals surface area contributed by atoms with Crippen LogP contribution in [0.15, 0.2) is 9.59 Å². The first-order valence-electron chi connectivity index (χ1n) is 6.94. The number of fused-ring (bicyclic) bond motifs is 1. The van der Waals surface area contributed by atoms with Gasteiger partial charge in [-0.2, -0.15) is 0 Å². The van der Waals surface area contributed by atoms with Gasteiger partial charge in [-0.05, 0) is 6.92 Å². The molecule has 0 spiro atoms. The van der Waals surface area contributed by atoms with E-state index in [0.717, 1.165) is 4.57 Å². The summed E-state index contributed by atoms with van der Waals surface area (Å²) >= 11 is 0. The molecule has 0 radical (unpaired) electrons. The number of carboxylic acid groups (broad SMARTS) is 1. The molecular weight excluding hydrogens is 320 g/mol. The Balaban J connectivity index is 2.72. The second kappa shape index (κ2) is 6.69. The zero-order valence-electron chi connectivity index (χ0n) is 13.0. The Morgan fingerprint density at radius 2 is 2.04 bits per heavy atom. The molecule has 2 aromatic heterocycles. The van der Waals surface area contributed by atoms with Gasteiger partial charge in [0.1, 0.15) is 11.9 Å². The molecule has 0 bridgehead atoms. The Hall–Kier alpha value is -2.90. The molecule has 2 atom stereocenters. The molecule has 0 aliphatic heterocycles. The van der Waals surface area contributed by atoms with Crippen molar-refractivity contribution in [1.82, 2.24) is 19.1 Å². The van der Waals surface area contributed by atoms with E-state index in [0.29, 0.717) is 0 Å². The van der Waals surface area contributed by atoms with Gasteiger partial charge >= 0.3 is 11.7 Å². The molecule has 0 aromatic carbocycles. The summed E-state index contributed by atoms with van der Waals surface area (Å²) in [6.07, 6.45) is -4.01. The molecule has 0 aliphatic carbocycles. The summed E-state index contributed by atoms with van der Waals surface area (Å²) in [5.41, 5.74) is -1.41. The molecule has 24 heavy (non-hydrogen) atoms. The molecule has 2 unspecified atom stereocenters. The summed E-state index contributed by atoms with van der Waals surface area (Å²) in [4.78, 5) is 40.7. The van der Waals surface area contributed by atoms with Crippen molar-refractivity contribution >= 4 is 17.1 Å². The molecule has 2 heterocycles. The number of nitrogens with zero attached hydrogens (tertiary/aromatic N) is 3. The third-order valence-corrected chi connectivity index (χ3v) is 3.46. The van der Waals surface area contributed by atoms with E-state index in [1.54, 1.807) is 6.92 Å². The van der Waals surface area contributed by atoms with Gasteiger partial charge in [0, 0.05) is 7.05 Å². The van der Waals surface area contributed by atoms with Gasteiger partial charge in [0.15, 0.2) is 11.2 Å². The van der Waals surface area contributed by atoms with Crippen LogP contribution in [0.1, 0.15) is 25.3 Å².